The lowest BCUT2D eigenvalue weighted by Crippen LogP contribution is -2.60. The second kappa shape index (κ2) is 34.9. The van der Waals surface area contributed by atoms with E-state index >= 15 is 0 Å². The van der Waals surface area contributed by atoms with Crippen LogP contribution < -0.4 is 5.32 Å². The number of hydrogen-bond acceptors (Lipinski definition) is 10. The molecule has 55 heavy (non-hydrogen) atoms. The molecule has 2 unspecified atom stereocenters. The molecule has 0 aromatic carbocycles. The third kappa shape index (κ3) is 25.1. The molecule has 8 N–H and O–H groups in total. The van der Waals surface area contributed by atoms with Crippen molar-refractivity contribution in [2.45, 2.75) is 249 Å². The maximum atomic E-state index is 13.0. The van der Waals surface area contributed by atoms with Crippen LogP contribution in [0.4, 0.5) is 0 Å². The molecule has 1 aliphatic rings. The number of hydrogen-bond donors (Lipinski definition) is 8. The first-order chi connectivity index (χ1) is 26.7. The van der Waals surface area contributed by atoms with E-state index in [1.165, 1.54) is 116 Å². The molecule has 11 nitrogen and oxygen atoms in total. The van der Waals surface area contributed by atoms with E-state index in [-0.39, 0.29) is 12.8 Å². The molecule has 0 radical (unpaired) electrons. The first-order valence-corrected chi connectivity index (χ1v) is 22.6. The minimum Gasteiger partial charge on any atom is -0.394 e. The molecule has 1 saturated heterocycles. The molecular formula is C44H85NO10. The number of ether oxygens (including phenoxy) is 2. The highest BCUT2D eigenvalue weighted by Gasteiger charge is 2.44. The van der Waals surface area contributed by atoms with Crippen molar-refractivity contribution in [3.8, 4) is 0 Å². The molecule has 11 heteroatoms. The fourth-order valence-corrected chi connectivity index (χ4v) is 7.26. The van der Waals surface area contributed by atoms with Crippen LogP contribution in [0.2, 0.25) is 0 Å². The fraction of sp³-hybridized carbons (Fsp3) is 0.932. The Morgan fingerprint density at radius 2 is 1.07 bits per heavy atom. The van der Waals surface area contributed by atoms with Gasteiger partial charge in [-0.25, -0.2) is 0 Å². The third-order valence-corrected chi connectivity index (χ3v) is 11.1. The van der Waals surface area contributed by atoms with Crippen molar-refractivity contribution in [3.63, 3.8) is 0 Å². The molecule has 326 valence electrons. The second-order valence-corrected chi connectivity index (χ2v) is 16.1. The Morgan fingerprint density at radius 3 is 1.56 bits per heavy atom. The summed E-state index contributed by atoms with van der Waals surface area (Å²) in [4.78, 5) is 13.0. The maximum Gasteiger partial charge on any atom is 0.249 e. The van der Waals surface area contributed by atoms with Crippen LogP contribution >= 0.6 is 0 Å². The van der Waals surface area contributed by atoms with Gasteiger partial charge in [-0.1, -0.05) is 167 Å². The molecule has 0 spiro atoms. The van der Waals surface area contributed by atoms with Gasteiger partial charge < -0.3 is 50.5 Å². The summed E-state index contributed by atoms with van der Waals surface area (Å²) in [6.45, 7) is 3.41. The zero-order valence-electron chi connectivity index (χ0n) is 34.9. The normalized spacial score (nSPS) is 22.5. The molecular weight excluding hydrogens is 702 g/mol. The Kier molecular flexibility index (Phi) is 32.9. The van der Waals surface area contributed by atoms with Gasteiger partial charge in [0.15, 0.2) is 6.29 Å². The van der Waals surface area contributed by atoms with Gasteiger partial charge >= 0.3 is 0 Å². The zero-order chi connectivity index (χ0) is 40.5. The van der Waals surface area contributed by atoms with Gasteiger partial charge in [-0.15, -0.1) is 0 Å². The Bertz CT molecular complexity index is 908. The lowest BCUT2D eigenvalue weighted by atomic mass is 9.98. The number of allylic oxidation sites excluding steroid dienone is 2. The van der Waals surface area contributed by atoms with Crippen LogP contribution in [0, 0.1) is 0 Å². The van der Waals surface area contributed by atoms with E-state index in [4.69, 9.17) is 9.47 Å². The number of amides is 1. The third-order valence-electron chi connectivity index (χ3n) is 11.1. The monoisotopic (exact) mass is 788 g/mol. The first-order valence-electron chi connectivity index (χ1n) is 22.6. The van der Waals surface area contributed by atoms with Crippen LogP contribution in [0.1, 0.15) is 194 Å². The Labute approximate surface area is 334 Å². The van der Waals surface area contributed by atoms with Crippen molar-refractivity contribution >= 4 is 5.91 Å². The minimum atomic E-state index is -1.66. The highest BCUT2D eigenvalue weighted by Crippen LogP contribution is 2.23. The van der Waals surface area contributed by atoms with Crippen molar-refractivity contribution in [2.75, 3.05) is 13.2 Å². The van der Waals surface area contributed by atoms with Gasteiger partial charge in [0.2, 0.25) is 5.91 Å². The van der Waals surface area contributed by atoms with E-state index in [0.29, 0.717) is 12.8 Å². The van der Waals surface area contributed by atoms with Crippen molar-refractivity contribution in [3.05, 3.63) is 12.2 Å². The zero-order valence-corrected chi connectivity index (χ0v) is 34.9. The van der Waals surface area contributed by atoms with Crippen LogP contribution in [-0.2, 0) is 14.3 Å². The van der Waals surface area contributed by atoms with Gasteiger partial charge in [0.25, 0.3) is 0 Å². The van der Waals surface area contributed by atoms with Crippen molar-refractivity contribution in [2.24, 2.45) is 0 Å². The molecule has 1 rings (SSSR count). The molecule has 1 amide bonds. The topological polar surface area (TPSA) is 189 Å². The molecule has 0 aromatic heterocycles. The Hall–Kier alpha value is -1.15. The lowest BCUT2D eigenvalue weighted by Gasteiger charge is -2.40. The highest BCUT2D eigenvalue weighted by atomic mass is 16.7. The number of unbranched alkanes of at least 4 members (excludes halogenated alkanes) is 23. The molecule has 0 aromatic rings. The summed E-state index contributed by atoms with van der Waals surface area (Å²) in [5, 5.41) is 75.5. The fourth-order valence-electron chi connectivity index (χ4n) is 7.26. The summed E-state index contributed by atoms with van der Waals surface area (Å²) in [6.07, 6.45) is 24.1. The van der Waals surface area contributed by atoms with Gasteiger partial charge in [-0.05, 0) is 38.5 Å². The Balaban J connectivity index is 2.48. The molecule has 0 saturated carbocycles. The number of aliphatic hydroxyl groups excluding tert-OH is 7. The van der Waals surface area contributed by atoms with Gasteiger partial charge in [0, 0.05) is 0 Å². The van der Waals surface area contributed by atoms with Crippen molar-refractivity contribution in [1.29, 1.82) is 0 Å². The van der Waals surface area contributed by atoms with Crippen molar-refractivity contribution in [1.82, 2.24) is 5.32 Å². The molecule has 1 fully saturated rings. The summed E-state index contributed by atoms with van der Waals surface area (Å²) >= 11 is 0. The number of carbonyl (C=O) groups is 1. The largest absolute Gasteiger partial charge is 0.394 e. The molecule has 1 heterocycles. The average Bonchev–Trinajstić information content (AvgIpc) is 3.18. The predicted octanol–water partition coefficient (Wildman–Crippen LogP) is 6.89. The summed E-state index contributed by atoms with van der Waals surface area (Å²) in [7, 11) is 0. The van der Waals surface area contributed by atoms with E-state index in [1.807, 2.05) is 0 Å². The molecule has 9 atom stereocenters. The van der Waals surface area contributed by atoms with E-state index in [9.17, 15) is 40.5 Å². The highest BCUT2D eigenvalue weighted by molar-refractivity contribution is 5.80. The first kappa shape index (κ1) is 51.9. The van der Waals surface area contributed by atoms with Crippen molar-refractivity contribution < 1.29 is 50.0 Å². The van der Waals surface area contributed by atoms with Crippen LogP contribution in [0.15, 0.2) is 12.2 Å². The number of nitrogens with one attached hydrogen (secondary N) is 1. The molecule has 1 aliphatic heterocycles. The minimum absolute atomic E-state index is 0.258. The van der Waals surface area contributed by atoms with E-state index in [2.05, 4.69) is 31.3 Å². The summed E-state index contributed by atoms with van der Waals surface area (Å²) < 4.78 is 11.1. The standard InChI is InChI=1S/C44H85NO10/c1-3-5-7-9-11-13-15-17-18-19-20-22-24-26-28-30-32-37(48)43(53)45-35(34-54-44-42(52)41(51)40(50)38(33-46)55-44)39(49)36(47)31-29-27-25-23-21-16-14-12-10-8-6-4-2/h23,25,35-42,44,46-52H,3-22,24,26-34H2,1-2H3,(H,45,53)/b25-23-/t35-,36+,37+,38+,39-,40+,41?,42?,44+/m0/s1. The Morgan fingerprint density at radius 1 is 0.618 bits per heavy atom. The smallest absolute Gasteiger partial charge is 0.249 e. The molecule has 0 bridgehead atoms. The maximum absolute atomic E-state index is 13.0. The number of aliphatic hydroxyl groups is 7. The quantitative estimate of drug-likeness (QED) is 0.0243. The predicted molar refractivity (Wildman–Crippen MR) is 219 cm³/mol. The van der Waals surface area contributed by atoms with Gasteiger partial charge in [0.1, 0.15) is 36.6 Å². The van der Waals surface area contributed by atoms with Crippen LogP contribution in [0.5, 0.6) is 0 Å². The van der Waals surface area contributed by atoms with Gasteiger partial charge in [0.05, 0.1) is 25.4 Å². The summed E-state index contributed by atoms with van der Waals surface area (Å²) in [6, 6.07) is -1.18. The average molecular weight is 788 g/mol. The van der Waals surface area contributed by atoms with Crippen LogP contribution in [0.3, 0.4) is 0 Å². The summed E-state index contributed by atoms with van der Waals surface area (Å²) in [5.74, 6) is -0.706. The number of rotatable bonds is 37. The van der Waals surface area contributed by atoms with Crippen LogP contribution in [-0.4, -0.2) is 110 Å². The van der Waals surface area contributed by atoms with E-state index < -0.39 is 74.2 Å². The second-order valence-electron chi connectivity index (χ2n) is 16.1. The summed E-state index contributed by atoms with van der Waals surface area (Å²) in [5.41, 5.74) is 0. The SMILES string of the molecule is CCCCCCCCC/C=C\CCC[C@@H](O)[C@@H](O)[C@H](CO[C@@H]1O[C@H](CO)[C@@H](O)C(O)C1O)NC(=O)[C@H](O)CCCCCCCCCCCCCCCCCC. The lowest BCUT2D eigenvalue weighted by molar-refractivity contribution is -0.303. The molecule has 0 aliphatic carbocycles. The van der Waals surface area contributed by atoms with Gasteiger partial charge in [-0.2, -0.15) is 0 Å². The van der Waals surface area contributed by atoms with E-state index in [0.717, 1.165) is 38.5 Å². The van der Waals surface area contributed by atoms with Gasteiger partial charge in [-0.3, -0.25) is 4.79 Å². The number of carbonyl (C=O) groups excluding carboxylic acids is 1. The van der Waals surface area contributed by atoms with Crippen LogP contribution in [0.25, 0.3) is 0 Å². The van der Waals surface area contributed by atoms with E-state index in [1.54, 1.807) is 0 Å².